The van der Waals surface area contributed by atoms with Crippen molar-refractivity contribution in [2.75, 3.05) is 5.32 Å². The van der Waals surface area contributed by atoms with Crippen molar-refractivity contribution in [3.8, 4) is 0 Å². The molecule has 1 rings (SSSR count). The average Bonchev–Trinajstić information content (AvgIpc) is 2.04. The molecule has 0 spiro atoms. The highest BCUT2D eigenvalue weighted by Gasteiger charge is 1.98. The van der Waals surface area contributed by atoms with Crippen molar-refractivity contribution < 1.29 is 9.18 Å². The minimum Gasteiger partial charge on any atom is -0.321 e. The molecule has 0 aliphatic rings. The maximum absolute atomic E-state index is 12.6. The topological polar surface area (TPSA) is 42.0 Å². The Morgan fingerprint density at radius 1 is 1.62 bits per heavy atom. The first-order chi connectivity index (χ1) is 6.22. The van der Waals surface area contributed by atoms with Gasteiger partial charge in [0, 0.05) is 6.07 Å². The molecule has 0 unspecified atom stereocenters. The molecule has 0 atom stereocenters. The lowest BCUT2D eigenvalue weighted by Gasteiger charge is -1.99. The molecule has 68 valence electrons. The first kappa shape index (κ1) is 9.38. The van der Waals surface area contributed by atoms with Gasteiger partial charge in [0.2, 0.25) is 5.91 Å². The third-order valence-corrected chi connectivity index (χ3v) is 1.29. The summed E-state index contributed by atoms with van der Waals surface area (Å²) in [5.41, 5.74) is 0.350. The van der Waals surface area contributed by atoms with E-state index in [4.69, 9.17) is 0 Å². The first-order valence-electron chi connectivity index (χ1n) is 3.76. The van der Waals surface area contributed by atoms with E-state index >= 15 is 0 Å². The fourth-order valence-corrected chi connectivity index (χ4v) is 0.816. The number of carbonyl (C=O) groups is 1. The molecule has 0 saturated carbocycles. The summed E-state index contributed by atoms with van der Waals surface area (Å²) in [5.74, 6) is -0.770. The van der Waals surface area contributed by atoms with Crippen molar-refractivity contribution in [2.45, 2.75) is 6.92 Å². The quantitative estimate of drug-likeness (QED) is 0.704. The lowest BCUT2D eigenvalue weighted by molar-refractivity contribution is -0.111. The zero-order valence-electron chi connectivity index (χ0n) is 7.12. The van der Waals surface area contributed by atoms with Crippen LogP contribution < -0.4 is 5.32 Å². The van der Waals surface area contributed by atoms with E-state index < -0.39 is 5.82 Å². The Morgan fingerprint density at radius 2 is 2.38 bits per heavy atom. The van der Waals surface area contributed by atoms with E-state index in [0.717, 1.165) is 6.20 Å². The SMILES string of the molecule is C/C=C/C(=O)Nc1cncc(F)c1. The van der Waals surface area contributed by atoms with Crippen molar-refractivity contribution >= 4 is 11.6 Å². The van der Waals surface area contributed by atoms with E-state index in [-0.39, 0.29) is 5.91 Å². The van der Waals surface area contributed by atoms with E-state index in [1.54, 1.807) is 13.0 Å². The number of nitrogens with zero attached hydrogens (tertiary/aromatic N) is 1. The summed E-state index contributed by atoms with van der Waals surface area (Å²) in [4.78, 5) is 14.6. The van der Waals surface area contributed by atoms with Gasteiger partial charge >= 0.3 is 0 Å². The average molecular weight is 180 g/mol. The van der Waals surface area contributed by atoms with E-state index in [1.807, 2.05) is 0 Å². The second-order valence-corrected chi connectivity index (χ2v) is 2.38. The molecule has 3 nitrogen and oxygen atoms in total. The van der Waals surface area contributed by atoms with E-state index in [2.05, 4.69) is 10.3 Å². The Hall–Kier alpha value is -1.71. The number of nitrogens with one attached hydrogen (secondary N) is 1. The minimum atomic E-state index is -0.474. The number of anilines is 1. The molecule has 0 aromatic carbocycles. The molecule has 4 heteroatoms. The number of allylic oxidation sites excluding steroid dienone is 1. The van der Waals surface area contributed by atoms with Crippen LogP contribution in [-0.4, -0.2) is 10.9 Å². The van der Waals surface area contributed by atoms with Crippen molar-refractivity contribution in [3.05, 3.63) is 36.4 Å². The molecule has 0 bridgehead atoms. The highest BCUT2D eigenvalue weighted by Crippen LogP contribution is 2.06. The van der Waals surface area contributed by atoms with Crippen LogP contribution in [0.4, 0.5) is 10.1 Å². The van der Waals surface area contributed by atoms with Gasteiger partial charge in [-0.2, -0.15) is 0 Å². The van der Waals surface area contributed by atoms with Gasteiger partial charge in [-0.15, -0.1) is 0 Å². The molecule has 1 heterocycles. The van der Waals surface area contributed by atoms with E-state index in [0.29, 0.717) is 5.69 Å². The second kappa shape index (κ2) is 4.35. The van der Waals surface area contributed by atoms with Crippen LogP contribution in [0, 0.1) is 5.82 Å². The van der Waals surface area contributed by atoms with Gasteiger partial charge in [-0.1, -0.05) is 6.08 Å². The van der Waals surface area contributed by atoms with Gasteiger partial charge in [0.1, 0.15) is 5.82 Å². The molecule has 0 aliphatic carbocycles. The van der Waals surface area contributed by atoms with Crippen LogP contribution in [0.1, 0.15) is 6.92 Å². The van der Waals surface area contributed by atoms with Crippen LogP contribution in [0.25, 0.3) is 0 Å². The van der Waals surface area contributed by atoms with Crippen LogP contribution in [0.15, 0.2) is 30.6 Å². The van der Waals surface area contributed by atoms with Crippen molar-refractivity contribution in [1.82, 2.24) is 4.98 Å². The van der Waals surface area contributed by atoms with Gasteiger partial charge in [0.25, 0.3) is 0 Å². The van der Waals surface area contributed by atoms with Crippen molar-refractivity contribution in [2.24, 2.45) is 0 Å². The number of rotatable bonds is 2. The number of amides is 1. The number of pyridine rings is 1. The number of halogens is 1. The molecular weight excluding hydrogens is 171 g/mol. The van der Waals surface area contributed by atoms with E-state index in [1.165, 1.54) is 18.3 Å². The van der Waals surface area contributed by atoms with Gasteiger partial charge in [-0.25, -0.2) is 4.39 Å². The monoisotopic (exact) mass is 180 g/mol. The summed E-state index contributed by atoms with van der Waals surface area (Å²) in [6, 6.07) is 1.20. The van der Waals surface area contributed by atoms with Gasteiger partial charge in [-0.05, 0) is 13.0 Å². The smallest absolute Gasteiger partial charge is 0.248 e. The third kappa shape index (κ3) is 3.02. The molecular formula is C9H9FN2O. The van der Waals surface area contributed by atoms with Gasteiger partial charge in [-0.3, -0.25) is 9.78 Å². The third-order valence-electron chi connectivity index (χ3n) is 1.29. The summed E-state index contributed by atoms with van der Waals surface area (Å²) in [7, 11) is 0. The minimum absolute atomic E-state index is 0.296. The number of aromatic nitrogens is 1. The maximum atomic E-state index is 12.6. The molecule has 0 fully saturated rings. The standard InChI is InChI=1S/C9H9FN2O/c1-2-3-9(13)12-8-4-7(10)5-11-6-8/h2-6H,1H3,(H,12,13)/b3-2+. The van der Waals surface area contributed by atoms with Crippen molar-refractivity contribution in [1.29, 1.82) is 0 Å². The largest absolute Gasteiger partial charge is 0.321 e. The van der Waals surface area contributed by atoms with Gasteiger partial charge in [0.05, 0.1) is 18.1 Å². The Morgan fingerprint density at radius 3 is 3.00 bits per heavy atom. The van der Waals surface area contributed by atoms with Gasteiger partial charge < -0.3 is 5.32 Å². The zero-order chi connectivity index (χ0) is 9.68. The van der Waals surface area contributed by atoms with Crippen LogP contribution in [0.2, 0.25) is 0 Å². The van der Waals surface area contributed by atoms with Crippen LogP contribution in [0.5, 0.6) is 0 Å². The summed E-state index contributed by atoms with van der Waals surface area (Å²) in [6.07, 6.45) is 5.41. The Bertz CT molecular complexity index is 336. The zero-order valence-corrected chi connectivity index (χ0v) is 7.12. The van der Waals surface area contributed by atoms with Crippen molar-refractivity contribution in [3.63, 3.8) is 0 Å². The molecule has 1 aromatic heterocycles. The maximum Gasteiger partial charge on any atom is 0.248 e. The van der Waals surface area contributed by atoms with Crippen LogP contribution in [-0.2, 0) is 4.79 Å². The molecule has 13 heavy (non-hydrogen) atoms. The molecule has 0 saturated heterocycles. The summed E-state index contributed by atoms with van der Waals surface area (Å²) < 4.78 is 12.6. The number of carbonyl (C=O) groups excluding carboxylic acids is 1. The van der Waals surface area contributed by atoms with Gasteiger partial charge in [0.15, 0.2) is 0 Å². The predicted molar refractivity (Wildman–Crippen MR) is 47.6 cm³/mol. The fourth-order valence-electron chi connectivity index (χ4n) is 0.816. The number of hydrogen-bond donors (Lipinski definition) is 1. The normalized spacial score (nSPS) is 10.3. The fraction of sp³-hybridized carbons (Fsp3) is 0.111. The highest BCUT2D eigenvalue weighted by molar-refractivity contribution is 5.99. The summed E-state index contributed by atoms with van der Waals surface area (Å²) in [5, 5.41) is 2.46. The molecule has 1 amide bonds. The predicted octanol–water partition coefficient (Wildman–Crippen LogP) is 1.74. The Labute approximate surface area is 75.3 Å². The van der Waals surface area contributed by atoms with Crippen LogP contribution >= 0.6 is 0 Å². The number of hydrogen-bond acceptors (Lipinski definition) is 2. The molecule has 0 radical (unpaired) electrons. The lowest BCUT2D eigenvalue weighted by Crippen LogP contribution is -2.07. The van der Waals surface area contributed by atoms with E-state index in [9.17, 15) is 9.18 Å². The lowest BCUT2D eigenvalue weighted by atomic mass is 10.4. The molecule has 0 aliphatic heterocycles. The second-order valence-electron chi connectivity index (χ2n) is 2.38. The summed E-state index contributed by atoms with van der Waals surface area (Å²) in [6.45, 7) is 1.73. The first-order valence-corrected chi connectivity index (χ1v) is 3.76. The molecule has 1 aromatic rings. The Balaban J connectivity index is 2.69. The summed E-state index contributed by atoms with van der Waals surface area (Å²) >= 11 is 0. The Kier molecular flexibility index (Phi) is 3.14. The highest BCUT2D eigenvalue weighted by atomic mass is 19.1. The van der Waals surface area contributed by atoms with Crippen LogP contribution in [0.3, 0.4) is 0 Å². The molecule has 1 N–H and O–H groups in total.